The summed E-state index contributed by atoms with van der Waals surface area (Å²) in [5.41, 5.74) is 5.61. The molecule has 7 nitrogen and oxygen atoms in total. The Bertz CT molecular complexity index is 523. The summed E-state index contributed by atoms with van der Waals surface area (Å²) in [7, 11) is -3.52. The molecule has 2 heterocycles. The lowest BCUT2D eigenvalue weighted by Crippen LogP contribution is -2.38. The maximum Gasteiger partial charge on any atom is 0.248 e. The van der Waals surface area contributed by atoms with Crippen molar-refractivity contribution >= 4 is 15.8 Å². The molecule has 0 bridgehead atoms. The van der Waals surface area contributed by atoms with Crippen molar-refractivity contribution in [3.63, 3.8) is 0 Å². The molecule has 1 saturated heterocycles. The van der Waals surface area contributed by atoms with Crippen LogP contribution in [0.5, 0.6) is 0 Å². The lowest BCUT2D eigenvalue weighted by atomic mass is 10.2. The highest BCUT2D eigenvalue weighted by Gasteiger charge is 2.35. The van der Waals surface area contributed by atoms with Crippen LogP contribution >= 0.6 is 0 Å². The summed E-state index contributed by atoms with van der Waals surface area (Å²) in [6, 6.07) is 0.290. The molecule has 8 heteroatoms. The molecule has 1 aliphatic rings. The highest BCUT2D eigenvalue weighted by molar-refractivity contribution is 7.89. The highest BCUT2D eigenvalue weighted by Crippen LogP contribution is 2.25. The van der Waals surface area contributed by atoms with Gasteiger partial charge in [-0.25, -0.2) is 8.42 Å². The van der Waals surface area contributed by atoms with E-state index in [4.69, 9.17) is 5.73 Å². The van der Waals surface area contributed by atoms with E-state index in [2.05, 4.69) is 28.9 Å². The van der Waals surface area contributed by atoms with Gasteiger partial charge < -0.3 is 5.73 Å². The number of aromatic nitrogens is 2. The van der Waals surface area contributed by atoms with Gasteiger partial charge in [-0.3, -0.25) is 10.00 Å². The van der Waals surface area contributed by atoms with E-state index in [-0.39, 0.29) is 16.8 Å². The quantitative estimate of drug-likeness (QED) is 0.800. The number of nitrogen functional groups attached to an aromatic ring is 1. The van der Waals surface area contributed by atoms with Crippen LogP contribution in [0.15, 0.2) is 11.1 Å². The molecule has 0 radical (unpaired) electrons. The number of aromatic amines is 1. The second-order valence-corrected chi connectivity index (χ2v) is 6.58. The Kier molecular flexibility index (Phi) is 4.12. The first-order valence-electron chi connectivity index (χ1n) is 6.53. The minimum atomic E-state index is -3.52. The fraction of sp³-hybridized carbons (Fsp3) is 0.727. The number of nitrogens with one attached hydrogen (secondary N) is 1. The molecule has 2 rings (SSSR count). The number of hydrogen-bond donors (Lipinski definition) is 2. The second kappa shape index (κ2) is 5.48. The van der Waals surface area contributed by atoms with E-state index in [0.717, 1.165) is 19.5 Å². The molecule has 1 fully saturated rings. The summed E-state index contributed by atoms with van der Waals surface area (Å²) in [6.07, 6.45) is 2.13. The average molecular weight is 287 g/mol. The van der Waals surface area contributed by atoms with E-state index in [9.17, 15) is 8.42 Å². The molecule has 0 saturated carbocycles. The number of rotatable bonds is 5. The molecule has 1 aromatic rings. The van der Waals surface area contributed by atoms with E-state index in [1.165, 1.54) is 10.5 Å². The fourth-order valence-corrected chi connectivity index (χ4v) is 4.10. The number of nitrogens with zero attached hydrogens (tertiary/aromatic N) is 3. The van der Waals surface area contributed by atoms with Crippen LogP contribution in [0.25, 0.3) is 0 Å². The van der Waals surface area contributed by atoms with Gasteiger partial charge in [0, 0.05) is 19.1 Å². The Balaban J connectivity index is 2.15. The summed E-state index contributed by atoms with van der Waals surface area (Å²) in [4.78, 5) is 2.36. The number of anilines is 1. The van der Waals surface area contributed by atoms with Crippen LogP contribution in [-0.4, -0.2) is 60.0 Å². The van der Waals surface area contributed by atoms with Crippen LogP contribution in [-0.2, 0) is 10.0 Å². The van der Waals surface area contributed by atoms with Crippen molar-refractivity contribution in [2.75, 3.05) is 31.9 Å². The first kappa shape index (κ1) is 14.3. The van der Waals surface area contributed by atoms with Crippen LogP contribution in [0, 0.1) is 0 Å². The molecule has 19 heavy (non-hydrogen) atoms. The maximum absolute atomic E-state index is 12.4. The zero-order valence-corrected chi connectivity index (χ0v) is 12.2. The molecule has 0 spiro atoms. The lowest BCUT2D eigenvalue weighted by molar-refractivity contribution is 0.224. The van der Waals surface area contributed by atoms with Gasteiger partial charge >= 0.3 is 0 Å². The van der Waals surface area contributed by atoms with Crippen molar-refractivity contribution < 1.29 is 8.42 Å². The van der Waals surface area contributed by atoms with Gasteiger partial charge in [-0.2, -0.15) is 9.40 Å². The molecule has 1 aromatic heterocycles. The van der Waals surface area contributed by atoms with Gasteiger partial charge in [0.1, 0.15) is 10.7 Å². The summed E-state index contributed by atoms with van der Waals surface area (Å²) in [6.45, 7) is 7.11. The lowest BCUT2D eigenvalue weighted by Gasteiger charge is -2.25. The second-order valence-electron chi connectivity index (χ2n) is 4.67. The Morgan fingerprint density at radius 3 is 2.74 bits per heavy atom. The van der Waals surface area contributed by atoms with Crippen molar-refractivity contribution in [3.05, 3.63) is 6.20 Å². The van der Waals surface area contributed by atoms with Gasteiger partial charge in [-0.05, 0) is 19.5 Å². The minimum Gasteiger partial charge on any atom is -0.383 e. The van der Waals surface area contributed by atoms with Gasteiger partial charge in [0.25, 0.3) is 0 Å². The monoisotopic (exact) mass is 287 g/mol. The molecule has 0 aliphatic carbocycles. The number of H-pyrrole nitrogens is 1. The molecule has 1 unspecified atom stereocenters. The SMILES string of the molecule is CCN(CC)C1CCN(S(=O)(=O)c2cn[nH]c2N)C1. The summed E-state index contributed by atoms with van der Waals surface area (Å²) in [5.74, 6) is 0.103. The normalized spacial score (nSPS) is 21.3. The smallest absolute Gasteiger partial charge is 0.248 e. The third kappa shape index (κ3) is 2.60. The first-order valence-corrected chi connectivity index (χ1v) is 7.97. The third-order valence-electron chi connectivity index (χ3n) is 3.70. The van der Waals surface area contributed by atoms with Gasteiger partial charge in [-0.15, -0.1) is 0 Å². The summed E-state index contributed by atoms with van der Waals surface area (Å²) in [5, 5.41) is 6.15. The van der Waals surface area contributed by atoms with E-state index in [0.29, 0.717) is 13.1 Å². The summed E-state index contributed by atoms with van der Waals surface area (Å²) < 4.78 is 26.4. The predicted molar refractivity (Wildman–Crippen MR) is 73.1 cm³/mol. The molecule has 108 valence electrons. The maximum atomic E-state index is 12.4. The topological polar surface area (TPSA) is 95.3 Å². The molecular formula is C11H21N5O2S. The highest BCUT2D eigenvalue weighted by atomic mass is 32.2. The Morgan fingerprint density at radius 1 is 1.53 bits per heavy atom. The van der Waals surface area contributed by atoms with Crippen LogP contribution in [0.3, 0.4) is 0 Å². The summed E-state index contributed by atoms with van der Waals surface area (Å²) >= 11 is 0. The van der Waals surface area contributed by atoms with E-state index in [1.54, 1.807) is 0 Å². The van der Waals surface area contributed by atoms with Crippen molar-refractivity contribution in [1.29, 1.82) is 0 Å². The first-order chi connectivity index (χ1) is 9.00. The van der Waals surface area contributed by atoms with Gasteiger partial charge in [0.2, 0.25) is 10.0 Å². The predicted octanol–water partition coefficient (Wildman–Crippen LogP) is 0.0967. The van der Waals surface area contributed by atoms with Crippen molar-refractivity contribution in [3.8, 4) is 0 Å². The molecule has 0 aromatic carbocycles. The molecule has 0 amide bonds. The van der Waals surface area contributed by atoms with Crippen LogP contribution < -0.4 is 5.73 Å². The van der Waals surface area contributed by atoms with E-state index in [1.807, 2.05) is 0 Å². The number of hydrogen-bond acceptors (Lipinski definition) is 5. The number of likely N-dealkylation sites (N-methyl/N-ethyl adjacent to an activating group) is 1. The van der Waals surface area contributed by atoms with Gasteiger partial charge in [-0.1, -0.05) is 13.8 Å². The molecule has 1 atom stereocenters. The largest absolute Gasteiger partial charge is 0.383 e. The van der Waals surface area contributed by atoms with E-state index < -0.39 is 10.0 Å². The van der Waals surface area contributed by atoms with Crippen molar-refractivity contribution in [2.45, 2.75) is 31.2 Å². The average Bonchev–Trinajstić information content (AvgIpc) is 3.00. The van der Waals surface area contributed by atoms with Crippen LogP contribution in [0.2, 0.25) is 0 Å². The molecule has 1 aliphatic heterocycles. The Hall–Kier alpha value is -1.12. The zero-order valence-electron chi connectivity index (χ0n) is 11.3. The van der Waals surface area contributed by atoms with Crippen LogP contribution in [0.1, 0.15) is 20.3 Å². The molecular weight excluding hydrogens is 266 g/mol. The van der Waals surface area contributed by atoms with E-state index >= 15 is 0 Å². The third-order valence-corrected chi connectivity index (χ3v) is 5.60. The Morgan fingerprint density at radius 2 is 2.21 bits per heavy atom. The molecule has 3 N–H and O–H groups in total. The fourth-order valence-electron chi connectivity index (χ4n) is 2.60. The number of nitrogens with two attached hydrogens (primary N) is 1. The van der Waals surface area contributed by atoms with Crippen molar-refractivity contribution in [1.82, 2.24) is 19.4 Å². The van der Waals surface area contributed by atoms with Gasteiger partial charge in [0.05, 0.1) is 6.20 Å². The van der Waals surface area contributed by atoms with Gasteiger partial charge in [0.15, 0.2) is 0 Å². The zero-order chi connectivity index (χ0) is 14.0. The number of sulfonamides is 1. The van der Waals surface area contributed by atoms with Crippen LogP contribution in [0.4, 0.5) is 5.82 Å². The Labute approximate surface area is 113 Å². The minimum absolute atomic E-state index is 0.0766. The van der Waals surface area contributed by atoms with Crippen molar-refractivity contribution in [2.24, 2.45) is 0 Å². The standard InChI is InChI=1S/C11H21N5O2S/c1-3-15(4-2)9-5-6-16(8-9)19(17,18)10-7-13-14-11(10)12/h7,9H,3-6,8H2,1-2H3,(H3,12,13,14).